The number of hydrogen-bond acceptors (Lipinski definition) is 3. The van der Waals surface area contributed by atoms with Crippen LogP contribution in [0.3, 0.4) is 0 Å². The highest BCUT2D eigenvalue weighted by Crippen LogP contribution is 2.10. The number of urea groups is 1. The van der Waals surface area contributed by atoms with Gasteiger partial charge in [0, 0.05) is 0 Å². The number of benzene rings is 1. The van der Waals surface area contributed by atoms with Gasteiger partial charge in [-0.05, 0) is 31.4 Å². The highest BCUT2D eigenvalue weighted by atomic mass is 16.5. The number of carbonyl (C=O) groups excluding carboxylic acids is 2. The first kappa shape index (κ1) is 17.8. The Labute approximate surface area is 131 Å². The van der Waals surface area contributed by atoms with Crippen molar-refractivity contribution in [3.63, 3.8) is 0 Å². The molecule has 0 aromatic heterocycles. The Bertz CT molecular complexity index is 486. The van der Waals surface area contributed by atoms with Gasteiger partial charge < -0.3 is 21.1 Å². The number of hydrogen-bond donors (Lipinski definition) is 3. The molecule has 3 amide bonds. The van der Waals surface area contributed by atoms with Crippen molar-refractivity contribution >= 4 is 11.9 Å². The Kier molecular flexibility index (Phi) is 7.22. The van der Waals surface area contributed by atoms with Gasteiger partial charge in [-0.1, -0.05) is 31.5 Å². The van der Waals surface area contributed by atoms with Crippen LogP contribution < -0.4 is 21.1 Å². The molecule has 4 N–H and O–H groups in total. The molecule has 0 radical (unpaired) electrons. The van der Waals surface area contributed by atoms with Crippen LogP contribution in [0.25, 0.3) is 0 Å². The predicted molar refractivity (Wildman–Crippen MR) is 85.6 cm³/mol. The first-order chi connectivity index (χ1) is 10.4. The van der Waals surface area contributed by atoms with Crippen molar-refractivity contribution in [1.82, 2.24) is 10.6 Å². The molecule has 6 nitrogen and oxygen atoms in total. The van der Waals surface area contributed by atoms with Gasteiger partial charge in [-0.15, -0.1) is 0 Å². The van der Waals surface area contributed by atoms with Crippen molar-refractivity contribution in [2.45, 2.75) is 33.2 Å². The smallest absolute Gasteiger partial charge is 0.312 e. The molecule has 1 aromatic carbocycles. The summed E-state index contributed by atoms with van der Waals surface area (Å²) in [5, 5.41) is 5.20. The van der Waals surface area contributed by atoms with Crippen LogP contribution in [0.15, 0.2) is 24.3 Å². The van der Waals surface area contributed by atoms with Gasteiger partial charge in [-0.25, -0.2) is 4.79 Å². The quantitative estimate of drug-likeness (QED) is 0.636. The third-order valence-electron chi connectivity index (χ3n) is 3.03. The van der Waals surface area contributed by atoms with Crippen LogP contribution in [0.1, 0.15) is 25.8 Å². The lowest BCUT2D eigenvalue weighted by molar-refractivity contribution is -0.123. The average molecular weight is 307 g/mol. The van der Waals surface area contributed by atoms with Crippen LogP contribution in [0, 0.1) is 12.8 Å². The van der Waals surface area contributed by atoms with Crippen LogP contribution >= 0.6 is 0 Å². The van der Waals surface area contributed by atoms with Crippen LogP contribution in [-0.2, 0) is 4.79 Å². The molecule has 1 aromatic rings. The number of rotatable bonds is 8. The number of nitrogens with one attached hydrogen (secondary N) is 2. The minimum Gasteiger partial charge on any atom is -0.492 e. The summed E-state index contributed by atoms with van der Waals surface area (Å²) in [5.41, 5.74) is 6.26. The second-order valence-electron chi connectivity index (χ2n) is 5.64. The first-order valence-electron chi connectivity index (χ1n) is 7.41. The summed E-state index contributed by atoms with van der Waals surface area (Å²) in [5.74, 6) is 0.778. The average Bonchev–Trinajstić information content (AvgIpc) is 2.43. The largest absolute Gasteiger partial charge is 0.492 e. The van der Waals surface area contributed by atoms with Crippen molar-refractivity contribution < 1.29 is 14.3 Å². The van der Waals surface area contributed by atoms with Crippen molar-refractivity contribution in [2.75, 3.05) is 13.2 Å². The molecule has 0 saturated carbocycles. The summed E-state index contributed by atoms with van der Waals surface area (Å²) in [6.07, 6.45) is 0.535. The van der Waals surface area contributed by atoms with Crippen LogP contribution in [-0.4, -0.2) is 31.1 Å². The SMILES string of the molecule is Cc1ccc(OCCNC(=O)[C@@H](CC(C)C)NC(N)=O)cc1. The van der Waals surface area contributed by atoms with Crippen LogP contribution in [0.4, 0.5) is 4.79 Å². The standard InChI is InChI=1S/C16H25N3O3/c1-11(2)10-14(19-16(17)21)15(20)18-8-9-22-13-6-4-12(3)5-7-13/h4-7,11,14H,8-10H2,1-3H3,(H,18,20)(H3,17,19,21)/t14-/m1/s1. The van der Waals surface area contributed by atoms with E-state index in [1.165, 1.54) is 0 Å². The summed E-state index contributed by atoms with van der Waals surface area (Å²) < 4.78 is 5.53. The first-order valence-corrected chi connectivity index (χ1v) is 7.41. The van der Waals surface area contributed by atoms with E-state index in [1.54, 1.807) is 0 Å². The van der Waals surface area contributed by atoms with Gasteiger partial charge >= 0.3 is 6.03 Å². The van der Waals surface area contributed by atoms with Gasteiger partial charge in [0.25, 0.3) is 0 Å². The maximum absolute atomic E-state index is 12.0. The van der Waals surface area contributed by atoms with Crippen molar-refractivity contribution in [2.24, 2.45) is 11.7 Å². The zero-order chi connectivity index (χ0) is 16.5. The number of carbonyl (C=O) groups is 2. The lowest BCUT2D eigenvalue weighted by atomic mass is 10.0. The predicted octanol–water partition coefficient (Wildman–Crippen LogP) is 1.57. The summed E-state index contributed by atoms with van der Waals surface area (Å²) in [6.45, 7) is 6.68. The van der Waals surface area contributed by atoms with E-state index < -0.39 is 12.1 Å². The number of primary amides is 1. The lowest BCUT2D eigenvalue weighted by Gasteiger charge is -2.19. The highest BCUT2D eigenvalue weighted by Gasteiger charge is 2.20. The highest BCUT2D eigenvalue weighted by molar-refractivity contribution is 5.86. The molecule has 6 heteroatoms. The fraction of sp³-hybridized carbons (Fsp3) is 0.500. The van der Waals surface area contributed by atoms with E-state index in [-0.39, 0.29) is 11.8 Å². The Morgan fingerprint density at radius 1 is 1.23 bits per heavy atom. The van der Waals surface area contributed by atoms with Gasteiger partial charge in [-0.2, -0.15) is 0 Å². The summed E-state index contributed by atoms with van der Waals surface area (Å²) in [4.78, 5) is 23.0. The lowest BCUT2D eigenvalue weighted by Crippen LogP contribution is -2.49. The molecule has 0 fully saturated rings. The van der Waals surface area contributed by atoms with E-state index >= 15 is 0 Å². The molecule has 0 saturated heterocycles. The van der Waals surface area contributed by atoms with Gasteiger partial charge in [0.05, 0.1) is 6.54 Å². The van der Waals surface area contributed by atoms with Gasteiger partial charge in [0.15, 0.2) is 0 Å². The molecule has 0 spiro atoms. The van der Waals surface area contributed by atoms with Gasteiger partial charge in [0.2, 0.25) is 5.91 Å². The Morgan fingerprint density at radius 3 is 2.41 bits per heavy atom. The topological polar surface area (TPSA) is 93.4 Å². The molecule has 22 heavy (non-hydrogen) atoms. The van der Waals surface area contributed by atoms with Crippen LogP contribution in [0.2, 0.25) is 0 Å². The summed E-state index contributed by atoms with van der Waals surface area (Å²) in [6, 6.07) is 6.38. The maximum atomic E-state index is 12.0. The Balaban J connectivity index is 2.35. The van der Waals surface area contributed by atoms with E-state index in [1.807, 2.05) is 45.0 Å². The Morgan fingerprint density at radius 2 is 1.86 bits per heavy atom. The normalized spacial score (nSPS) is 11.8. The van der Waals surface area contributed by atoms with E-state index in [0.29, 0.717) is 19.6 Å². The van der Waals surface area contributed by atoms with Crippen molar-refractivity contribution in [3.05, 3.63) is 29.8 Å². The van der Waals surface area contributed by atoms with E-state index in [4.69, 9.17) is 10.5 Å². The fourth-order valence-corrected chi connectivity index (χ4v) is 1.98. The number of nitrogens with two attached hydrogens (primary N) is 1. The number of aryl methyl sites for hydroxylation is 1. The monoisotopic (exact) mass is 307 g/mol. The molecule has 1 atom stereocenters. The van der Waals surface area contributed by atoms with Crippen LogP contribution in [0.5, 0.6) is 5.75 Å². The molecule has 0 bridgehead atoms. The fourth-order valence-electron chi connectivity index (χ4n) is 1.98. The molecule has 0 aliphatic rings. The molecular formula is C16H25N3O3. The van der Waals surface area contributed by atoms with E-state index in [2.05, 4.69) is 10.6 Å². The minimum atomic E-state index is -0.697. The summed E-state index contributed by atoms with van der Waals surface area (Å²) in [7, 11) is 0. The minimum absolute atomic E-state index is 0.250. The molecular weight excluding hydrogens is 282 g/mol. The van der Waals surface area contributed by atoms with Gasteiger partial charge in [0.1, 0.15) is 18.4 Å². The molecule has 0 heterocycles. The molecule has 0 aliphatic carbocycles. The van der Waals surface area contributed by atoms with Crippen molar-refractivity contribution in [1.29, 1.82) is 0 Å². The number of amides is 3. The molecule has 122 valence electrons. The van der Waals surface area contributed by atoms with E-state index in [0.717, 1.165) is 11.3 Å². The zero-order valence-corrected chi connectivity index (χ0v) is 13.4. The third kappa shape index (κ3) is 6.97. The Hall–Kier alpha value is -2.24. The van der Waals surface area contributed by atoms with Crippen molar-refractivity contribution in [3.8, 4) is 5.75 Å². The molecule has 1 rings (SSSR count). The summed E-state index contributed by atoms with van der Waals surface area (Å²) >= 11 is 0. The zero-order valence-electron chi connectivity index (χ0n) is 13.4. The second-order valence-corrected chi connectivity index (χ2v) is 5.64. The molecule has 0 aliphatic heterocycles. The molecule has 0 unspecified atom stereocenters. The van der Waals surface area contributed by atoms with E-state index in [9.17, 15) is 9.59 Å². The number of ether oxygens (including phenoxy) is 1. The third-order valence-corrected chi connectivity index (χ3v) is 3.03. The maximum Gasteiger partial charge on any atom is 0.312 e. The second kappa shape index (κ2) is 8.92. The van der Waals surface area contributed by atoms with Gasteiger partial charge in [-0.3, -0.25) is 4.79 Å².